The maximum atomic E-state index is 10.2. The number of nitrogens with zero attached hydrogens (tertiary/aromatic N) is 4. The molecule has 1 saturated carbocycles. The highest BCUT2D eigenvalue weighted by molar-refractivity contribution is 7.10. The molecule has 0 radical (unpaired) electrons. The highest BCUT2D eigenvalue weighted by atomic mass is 35.5. The zero-order valence-corrected chi connectivity index (χ0v) is 28.0. The topological polar surface area (TPSA) is 101 Å². The standard InChI is InChI=1S/C36H39ClN8OS/c1-2-6-31(22-7-4-3-5-8-22)41-34-23(15-38)16-39-35-28(34)13-24(14-30(35)37)40-36(32-17-45(43-42-32)25-9-10-25)29-21-47-33-18-44(12-11-27(29)33)26-19-46-20-26/h3-5,7-8,13-14,16-17,21,25-26,31,36,40,42-43H,2,6,9-12,18-20H2,1H3,(H,39,41)/t31?,36-/m1/s1. The molecule has 5 heterocycles. The van der Waals surface area contributed by atoms with Crippen molar-refractivity contribution in [3.8, 4) is 6.07 Å². The van der Waals surface area contributed by atoms with Gasteiger partial charge >= 0.3 is 0 Å². The van der Waals surface area contributed by atoms with E-state index in [9.17, 15) is 5.26 Å². The van der Waals surface area contributed by atoms with Crippen LogP contribution in [0, 0.1) is 11.3 Å². The summed E-state index contributed by atoms with van der Waals surface area (Å²) >= 11 is 8.84. The number of halogens is 1. The molecule has 0 amide bonds. The lowest BCUT2D eigenvalue weighted by molar-refractivity contribution is -0.0691. The van der Waals surface area contributed by atoms with Gasteiger partial charge in [0.05, 0.1) is 58.8 Å². The van der Waals surface area contributed by atoms with E-state index in [4.69, 9.17) is 16.3 Å². The number of hydrazine groups is 2. The van der Waals surface area contributed by atoms with E-state index < -0.39 is 0 Å². The Kier molecular flexibility index (Phi) is 8.42. The van der Waals surface area contributed by atoms with E-state index in [1.54, 1.807) is 6.20 Å². The molecule has 9 nitrogen and oxygen atoms in total. The first-order chi connectivity index (χ1) is 23.1. The minimum atomic E-state index is -0.126. The first-order valence-corrected chi connectivity index (χ1v) is 17.9. The first kappa shape index (κ1) is 30.5. The Balaban J connectivity index is 1.17. The molecule has 2 atom stereocenters. The molecular weight excluding hydrogens is 628 g/mol. The molecule has 2 aromatic heterocycles. The molecule has 0 bridgehead atoms. The van der Waals surface area contributed by atoms with Gasteiger partial charge in [-0.1, -0.05) is 55.3 Å². The highest BCUT2D eigenvalue weighted by Gasteiger charge is 2.35. The molecule has 3 aliphatic heterocycles. The molecule has 242 valence electrons. The first-order valence-electron chi connectivity index (χ1n) is 16.6. The van der Waals surface area contributed by atoms with Crippen molar-refractivity contribution in [3.63, 3.8) is 0 Å². The summed E-state index contributed by atoms with van der Waals surface area (Å²) in [5, 5.41) is 23.7. The van der Waals surface area contributed by atoms with E-state index >= 15 is 0 Å². The molecule has 4 aromatic rings. The van der Waals surface area contributed by atoms with Gasteiger partial charge in [0.2, 0.25) is 0 Å². The van der Waals surface area contributed by atoms with Gasteiger partial charge in [-0.2, -0.15) is 5.26 Å². The number of anilines is 2. The van der Waals surface area contributed by atoms with Gasteiger partial charge in [0, 0.05) is 47.5 Å². The Labute approximate surface area is 284 Å². The molecule has 1 unspecified atom stereocenters. The third-order valence-electron chi connectivity index (χ3n) is 9.77. The summed E-state index contributed by atoms with van der Waals surface area (Å²) in [6.45, 7) is 5.86. The smallest absolute Gasteiger partial charge is 0.103 e. The van der Waals surface area contributed by atoms with Crippen LogP contribution in [0.5, 0.6) is 0 Å². The van der Waals surface area contributed by atoms with Crippen molar-refractivity contribution >= 4 is 45.2 Å². The third kappa shape index (κ3) is 6.03. The second-order valence-electron chi connectivity index (χ2n) is 13.0. The highest BCUT2D eigenvalue weighted by Crippen LogP contribution is 2.41. The summed E-state index contributed by atoms with van der Waals surface area (Å²) in [5.74, 6) is 0. The van der Waals surface area contributed by atoms with Crippen molar-refractivity contribution in [3.05, 3.63) is 98.1 Å². The van der Waals surface area contributed by atoms with Gasteiger partial charge in [0.15, 0.2) is 0 Å². The Morgan fingerprint density at radius 2 is 2.02 bits per heavy atom. The number of benzene rings is 2. The van der Waals surface area contributed by atoms with Crippen molar-refractivity contribution in [2.24, 2.45) is 0 Å². The minimum Gasteiger partial charge on any atom is -0.378 e. The van der Waals surface area contributed by atoms with E-state index in [0.717, 1.165) is 68.0 Å². The predicted octanol–water partition coefficient (Wildman–Crippen LogP) is 7.01. The molecule has 1 aliphatic carbocycles. The van der Waals surface area contributed by atoms with Gasteiger partial charge in [-0.3, -0.25) is 14.9 Å². The summed E-state index contributed by atoms with van der Waals surface area (Å²) < 4.78 is 5.49. The fraction of sp³-hybridized carbons (Fsp3) is 0.389. The Hall–Kier alpha value is -3.85. The monoisotopic (exact) mass is 666 g/mol. The second kappa shape index (κ2) is 13.0. The molecule has 11 heteroatoms. The lowest BCUT2D eigenvalue weighted by Crippen LogP contribution is -2.50. The Morgan fingerprint density at radius 1 is 1.17 bits per heavy atom. The van der Waals surface area contributed by atoms with Gasteiger partial charge in [0.25, 0.3) is 0 Å². The summed E-state index contributed by atoms with van der Waals surface area (Å²) in [7, 11) is 0. The fourth-order valence-electron chi connectivity index (χ4n) is 6.94. The second-order valence-corrected chi connectivity index (χ2v) is 14.3. The SMILES string of the molecule is CCCC(Nc1c(C#N)cnc2c(Cl)cc(N[C@@H](C3=CN(C4CC4)NN3)c3csc4c3CCN(C3COC3)C4)cc12)c1ccccc1. The zero-order chi connectivity index (χ0) is 31.9. The molecule has 4 N–H and O–H groups in total. The Morgan fingerprint density at radius 3 is 2.77 bits per heavy atom. The van der Waals surface area contributed by atoms with Gasteiger partial charge in [-0.25, -0.2) is 0 Å². The van der Waals surface area contributed by atoms with Crippen molar-refractivity contribution in [1.82, 2.24) is 25.9 Å². The van der Waals surface area contributed by atoms with Gasteiger partial charge < -0.3 is 20.8 Å². The number of thiophene rings is 1. The third-order valence-corrected chi connectivity index (χ3v) is 11.1. The van der Waals surface area contributed by atoms with Crippen LogP contribution in [0.4, 0.5) is 11.4 Å². The van der Waals surface area contributed by atoms with Crippen LogP contribution in [0.3, 0.4) is 0 Å². The van der Waals surface area contributed by atoms with Gasteiger partial charge in [0.1, 0.15) is 6.07 Å². The molecule has 8 rings (SSSR count). The number of aromatic nitrogens is 1. The number of pyridine rings is 1. The van der Waals surface area contributed by atoms with Crippen molar-refractivity contribution < 1.29 is 4.74 Å². The van der Waals surface area contributed by atoms with Crippen molar-refractivity contribution in [2.45, 2.75) is 69.7 Å². The fourth-order valence-corrected chi connectivity index (χ4v) is 8.36. The summed E-state index contributed by atoms with van der Waals surface area (Å²) in [4.78, 5) is 8.64. The van der Waals surface area contributed by atoms with Crippen LogP contribution in [-0.4, -0.2) is 46.7 Å². The summed E-state index contributed by atoms with van der Waals surface area (Å²) in [5.41, 5.74) is 14.6. The van der Waals surface area contributed by atoms with E-state index in [0.29, 0.717) is 28.2 Å². The van der Waals surface area contributed by atoms with Crippen molar-refractivity contribution in [1.29, 1.82) is 5.26 Å². The van der Waals surface area contributed by atoms with Crippen LogP contribution in [0.1, 0.15) is 71.8 Å². The van der Waals surface area contributed by atoms with E-state index in [1.807, 2.05) is 23.5 Å². The van der Waals surface area contributed by atoms with E-state index in [2.05, 4.69) is 91.4 Å². The quantitative estimate of drug-likeness (QED) is 0.135. The number of fused-ring (bicyclic) bond motifs is 2. The van der Waals surface area contributed by atoms with Gasteiger partial charge in [-0.15, -0.1) is 16.9 Å². The van der Waals surface area contributed by atoms with E-state index in [1.165, 1.54) is 34.4 Å². The molecule has 2 fully saturated rings. The molecule has 0 spiro atoms. The maximum Gasteiger partial charge on any atom is 0.103 e. The lowest BCUT2D eigenvalue weighted by atomic mass is 9.95. The molecule has 47 heavy (non-hydrogen) atoms. The molecule has 2 aromatic carbocycles. The maximum absolute atomic E-state index is 10.2. The average Bonchev–Trinajstić information content (AvgIpc) is 3.65. The molecule has 1 saturated heterocycles. The van der Waals surface area contributed by atoms with Crippen LogP contribution in [0.25, 0.3) is 10.9 Å². The summed E-state index contributed by atoms with van der Waals surface area (Å²) in [6.07, 6.45) is 9.15. The number of ether oxygens (including phenoxy) is 1. The van der Waals surface area contributed by atoms with Crippen LogP contribution in [-0.2, 0) is 17.7 Å². The number of nitriles is 1. The number of hydrogen-bond acceptors (Lipinski definition) is 10. The lowest BCUT2D eigenvalue weighted by Gasteiger charge is -2.39. The van der Waals surface area contributed by atoms with Crippen LogP contribution in [0.2, 0.25) is 5.02 Å². The average molecular weight is 667 g/mol. The zero-order valence-electron chi connectivity index (χ0n) is 26.4. The predicted molar refractivity (Wildman–Crippen MR) is 188 cm³/mol. The normalized spacial score (nSPS) is 19.3. The number of nitrogens with one attached hydrogen (secondary N) is 4. The summed E-state index contributed by atoms with van der Waals surface area (Å²) in [6, 6.07) is 17.8. The van der Waals surface area contributed by atoms with Crippen LogP contribution < -0.4 is 21.6 Å². The van der Waals surface area contributed by atoms with Crippen LogP contribution in [0.15, 0.2) is 65.9 Å². The number of rotatable bonds is 11. The van der Waals surface area contributed by atoms with Crippen LogP contribution >= 0.6 is 22.9 Å². The number of hydrogen-bond donors (Lipinski definition) is 4. The van der Waals surface area contributed by atoms with E-state index in [-0.39, 0.29) is 12.1 Å². The molecular formula is C36H39ClN8OS. The Bertz CT molecular complexity index is 1850. The van der Waals surface area contributed by atoms with Crippen molar-refractivity contribution in [2.75, 3.05) is 30.4 Å². The largest absolute Gasteiger partial charge is 0.378 e. The van der Waals surface area contributed by atoms with Gasteiger partial charge in [-0.05, 0) is 59.9 Å². The minimum absolute atomic E-state index is 0.0396. The molecule has 4 aliphatic rings.